The van der Waals surface area contributed by atoms with Crippen molar-refractivity contribution >= 4 is 23.6 Å². The molecule has 9 heteroatoms. The molecule has 2 N–H and O–H groups in total. The molecule has 2 aliphatic heterocycles. The summed E-state index contributed by atoms with van der Waals surface area (Å²) in [6, 6.07) is -0.662. The van der Waals surface area contributed by atoms with Crippen LogP contribution in [0.2, 0.25) is 0 Å². The van der Waals surface area contributed by atoms with E-state index < -0.39 is 6.04 Å². The molecule has 1 aliphatic carbocycles. The SMILES string of the molecule is CC1(C)SC2C(NC(=O)CC3C=CCCC3)C(=O)N2C1c1nnn[nH]1. The average molecular weight is 362 g/mol. The van der Waals surface area contributed by atoms with Gasteiger partial charge in [0.2, 0.25) is 11.8 Å². The third kappa shape index (κ3) is 2.84. The van der Waals surface area contributed by atoms with Crippen LogP contribution in [0.15, 0.2) is 12.2 Å². The standard InChI is InChI=1S/C16H22N6O2S/c1-16(2)12(13-18-20-21-19-13)22-14(24)11(15(22)25-16)17-10(23)8-9-6-4-3-5-7-9/h4,6,9,11-12,15H,3,5,7-8H2,1-2H3,(H,17,23)(H,18,19,20,21). The minimum Gasteiger partial charge on any atom is -0.342 e. The van der Waals surface area contributed by atoms with Gasteiger partial charge in [-0.15, -0.1) is 16.9 Å². The number of aromatic nitrogens is 4. The summed E-state index contributed by atoms with van der Waals surface area (Å²) in [6.07, 6.45) is 7.99. The maximum Gasteiger partial charge on any atom is 0.249 e. The molecule has 0 spiro atoms. The van der Waals surface area contributed by atoms with E-state index in [-0.39, 0.29) is 28.0 Å². The Hall–Kier alpha value is -1.90. The molecule has 2 saturated heterocycles. The van der Waals surface area contributed by atoms with Gasteiger partial charge in [-0.3, -0.25) is 9.59 Å². The number of fused-ring (bicyclic) bond motifs is 1. The lowest BCUT2D eigenvalue weighted by molar-refractivity contribution is -0.151. The van der Waals surface area contributed by atoms with Crippen LogP contribution in [0.5, 0.6) is 0 Å². The summed E-state index contributed by atoms with van der Waals surface area (Å²) in [5.74, 6) is 0.779. The molecule has 1 aromatic rings. The Morgan fingerprint density at radius 2 is 2.36 bits per heavy atom. The summed E-state index contributed by atoms with van der Waals surface area (Å²) in [6.45, 7) is 4.14. The number of β-lactam (4-membered cyclic amide) rings is 1. The molecular formula is C16H22N6O2S. The van der Waals surface area contributed by atoms with Gasteiger partial charge in [0.1, 0.15) is 17.5 Å². The normalized spacial score (nSPS) is 33.0. The van der Waals surface area contributed by atoms with Gasteiger partial charge in [-0.05, 0) is 49.5 Å². The Balaban J connectivity index is 1.43. The van der Waals surface area contributed by atoms with Gasteiger partial charge in [-0.1, -0.05) is 12.2 Å². The lowest BCUT2D eigenvalue weighted by Gasteiger charge is -2.44. The fraction of sp³-hybridized carbons (Fsp3) is 0.688. The molecule has 134 valence electrons. The van der Waals surface area contributed by atoms with Crippen LogP contribution in [0.25, 0.3) is 0 Å². The van der Waals surface area contributed by atoms with Gasteiger partial charge >= 0.3 is 0 Å². The van der Waals surface area contributed by atoms with E-state index >= 15 is 0 Å². The Morgan fingerprint density at radius 3 is 3.04 bits per heavy atom. The lowest BCUT2D eigenvalue weighted by atomic mass is 9.92. The summed E-state index contributed by atoms with van der Waals surface area (Å²) in [5, 5.41) is 16.9. The largest absolute Gasteiger partial charge is 0.342 e. The van der Waals surface area contributed by atoms with Crippen LogP contribution in [-0.4, -0.2) is 53.5 Å². The fourth-order valence-electron chi connectivity index (χ4n) is 4.00. The highest BCUT2D eigenvalue weighted by molar-refractivity contribution is 8.01. The number of hydrogen-bond acceptors (Lipinski definition) is 6. The van der Waals surface area contributed by atoms with Gasteiger partial charge in [0.15, 0.2) is 5.82 Å². The van der Waals surface area contributed by atoms with E-state index in [0.29, 0.717) is 18.2 Å². The molecule has 2 fully saturated rings. The average Bonchev–Trinajstić information content (AvgIpc) is 3.18. The van der Waals surface area contributed by atoms with Crippen molar-refractivity contribution in [3.63, 3.8) is 0 Å². The van der Waals surface area contributed by atoms with Crippen molar-refractivity contribution < 1.29 is 9.59 Å². The van der Waals surface area contributed by atoms with E-state index in [2.05, 4.69) is 51.9 Å². The molecule has 3 heterocycles. The van der Waals surface area contributed by atoms with Crippen molar-refractivity contribution in [3.8, 4) is 0 Å². The molecule has 3 aliphatic rings. The van der Waals surface area contributed by atoms with Crippen LogP contribution >= 0.6 is 11.8 Å². The van der Waals surface area contributed by atoms with Gasteiger partial charge in [-0.2, -0.15) is 0 Å². The number of aromatic amines is 1. The molecule has 0 bridgehead atoms. The Morgan fingerprint density at radius 1 is 1.52 bits per heavy atom. The molecule has 4 unspecified atom stereocenters. The zero-order valence-corrected chi connectivity index (χ0v) is 15.1. The van der Waals surface area contributed by atoms with Crippen LogP contribution in [0.4, 0.5) is 0 Å². The highest BCUT2D eigenvalue weighted by atomic mass is 32.2. The van der Waals surface area contributed by atoms with Gasteiger partial charge in [0.05, 0.1) is 0 Å². The maximum atomic E-state index is 12.7. The monoisotopic (exact) mass is 362 g/mol. The summed E-state index contributed by atoms with van der Waals surface area (Å²) in [5.41, 5.74) is 0. The number of tetrazole rings is 1. The number of allylic oxidation sites excluding steroid dienone is 2. The molecule has 2 amide bonds. The first kappa shape index (κ1) is 16.6. The van der Waals surface area contributed by atoms with Crippen molar-refractivity contribution in [2.45, 2.75) is 61.7 Å². The summed E-state index contributed by atoms with van der Waals surface area (Å²) in [4.78, 5) is 26.8. The molecule has 0 aromatic carbocycles. The number of hydrogen-bond donors (Lipinski definition) is 2. The predicted octanol–water partition coefficient (Wildman–Crippen LogP) is 1.17. The Kier molecular flexibility index (Phi) is 4.05. The molecule has 4 atom stereocenters. The third-order valence-corrected chi connectivity index (χ3v) is 6.75. The second kappa shape index (κ2) is 6.12. The van der Waals surface area contributed by atoms with Crippen molar-refractivity contribution in [2.75, 3.05) is 0 Å². The minimum atomic E-state index is -0.453. The Labute approximate surface area is 150 Å². The van der Waals surface area contributed by atoms with E-state index in [1.165, 1.54) is 0 Å². The van der Waals surface area contributed by atoms with Gasteiger partial charge in [0.25, 0.3) is 0 Å². The number of carbonyl (C=O) groups is 2. The number of nitrogens with one attached hydrogen (secondary N) is 2. The van der Waals surface area contributed by atoms with Crippen LogP contribution in [0, 0.1) is 5.92 Å². The molecule has 8 nitrogen and oxygen atoms in total. The van der Waals surface area contributed by atoms with E-state index in [9.17, 15) is 9.59 Å². The van der Waals surface area contributed by atoms with E-state index in [4.69, 9.17) is 0 Å². The smallest absolute Gasteiger partial charge is 0.249 e. The number of H-pyrrole nitrogens is 1. The molecule has 1 aromatic heterocycles. The number of amides is 2. The van der Waals surface area contributed by atoms with Crippen LogP contribution in [-0.2, 0) is 9.59 Å². The first-order valence-corrected chi connectivity index (χ1v) is 9.55. The van der Waals surface area contributed by atoms with Crippen LogP contribution < -0.4 is 5.32 Å². The fourth-order valence-corrected chi connectivity index (χ4v) is 5.63. The predicted molar refractivity (Wildman–Crippen MR) is 92.3 cm³/mol. The number of nitrogens with zero attached hydrogens (tertiary/aromatic N) is 4. The second-order valence-electron chi connectivity index (χ2n) is 7.41. The van der Waals surface area contributed by atoms with Crippen LogP contribution in [0.1, 0.15) is 51.4 Å². The third-order valence-electron chi connectivity index (χ3n) is 5.18. The van der Waals surface area contributed by atoms with Crippen molar-refractivity contribution in [3.05, 3.63) is 18.0 Å². The van der Waals surface area contributed by atoms with E-state index in [1.54, 1.807) is 16.7 Å². The first-order chi connectivity index (χ1) is 12.0. The molecule has 4 rings (SSSR count). The zero-order chi connectivity index (χ0) is 17.6. The minimum absolute atomic E-state index is 0.0438. The topological polar surface area (TPSA) is 104 Å². The van der Waals surface area contributed by atoms with E-state index in [0.717, 1.165) is 19.3 Å². The Bertz CT molecular complexity index is 703. The number of rotatable bonds is 4. The highest BCUT2D eigenvalue weighted by Gasteiger charge is 2.63. The summed E-state index contributed by atoms with van der Waals surface area (Å²) >= 11 is 1.68. The first-order valence-electron chi connectivity index (χ1n) is 8.67. The molecular weight excluding hydrogens is 340 g/mol. The van der Waals surface area contributed by atoms with Gasteiger partial charge in [-0.25, -0.2) is 5.10 Å². The van der Waals surface area contributed by atoms with E-state index in [1.807, 2.05) is 0 Å². The number of carbonyl (C=O) groups excluding carboxylic acids is 2. The van der Waals surface area contributed by atoms with Gasteiger partial charge < -0.3 is 10.2 Å². The van der Waals surface area contributed by atoms with Crippen molar-refractivity contribution in [1.29, 1.82) is 0 Å². The lowest BCUT2D eigenvalue weighted by Crippen LogP contribution is -2.68. The molecule has 0 radical (unpaired) electrons. The molecule has 0 saturated carbocycles. The quantitative estimate of drug-likeness (QED) is 0.615. The second-order valence-corrected chi connectivity index (χ2v) is 9.19. The molecule has 25 heavy (non-hydrogen) atoms. The zero-order valence-electron chi connectivity index (χ0n) is 14.3. The van der Waals surface area contributed by atoms with Crippen molar-refractivity contribution in [1.82, 2.24) is 30.8 Å². The summed E-state index contributed by atoms with van der Waals surface area (Å²) in [7, 11) is 0. The number of thioether (sulfide) groups is 1. The van der Waals surface area contributed by atoms with Crippen LogP contribution in [0.3, 0.4) is 0 Å². The summed E-state index contributed by atoms with van der Waals surface area (Å²) < 4.78 is -0.229. The maximum absolute atomic E-state index is 12.7. The highest BCUT2D eigenvalue weighted by Crippen LogP contribution is 2.56. The van der Waals surface area contributed by atoms with Crippen molar-refractivity contribution in [2.24, 2.45) is 5.92 Å². The van der Waals surface area contributed by atoms with Gasteiger partial charge in [0, 0.05) is 11.2 Å².